The van der Waals surface area contributed by atoms with Crippen molar-refractivity contribution >= 4 is 22.8 Å². The van der Waals surface area contributed by atoms with Gasteiger partial charge in [-0.2, -0.15) is 5.10 Å². The minimum Gasteiger partial charge on any atom is -0.497 e. The molecule has 0 fully saturated rings. The van der Waals surface area contributed by atoms with Crippen molar-refractivity contribution < 1.29 is 9.53 Å². The standard InChI is InChI=1S/C21H17N3O2S/c1-26-15-6-4-13(5-7-15)16-11-22-24-12-17-18(23-21(16)24)9-14(10-19(17)25)20-3-2-8-27-20/h2-8,11-12,14H,9-10H2,1H3. The van der Waals surface area contributed by atoms with E-state index in [2.05, 4.69) is 16.5 Å². The van der Waals surface area contributed by atoms with Crippen molar-refractivity contribution in [1.29, 1.82) is 0 Å². The molecule has 0 saturated heterocycles. The number of ether oxygens (including phenoxy) is 1. The van der Waals surface area contributed by atoms with Crippen LogP contribution in [0.25, 0.3) is 16.8 Å². The van der Waals surface area contributed by atoms with E-state index >= 15 is 0 Å². The van der Waals surface area contributed by atoms with Gasteiger partial charge in [-0.05, 0) is 35.6 Å². The first-order valence-corrected chi connectivity index (χ1v) is 9.69. The minimum atomic E-state index is 0.144. The highest BCUT2D eigenvalue weighted by Crippen LogP contribution is 2.35. The maximum atomic E-state index is 12.7. The van der Waals surface area contributed by atoms with Crippen molar-refractivity contribution in [1.82, 2.24) is 14.6 Å². The molecular formula is C21H17N3O2S. The summed E-state index contributed by atoms with van der Waals surface area (Å²) in [5.74, 6) is 1.17. The largest absolute Gasteiger partial charge is 0.497 e. The van der Waals surface area contributed by atoms with E-state index in [0.29, 0.717) is 12.0 Å². The first kappa shape index (κ1) is 16.2. The van der Waals surface area contributed by atoms with Crippen LogP contribution in [0, 0.1) is 0 Å². The molecule has 1 atom stereocenters. The van der Waals surface area contributed by atoms with Crippen LogP contribution in [-0.4, -0.2) is 27.5 Å². The molecule has 5 nitrogen and oxygen atoms in total. The lowest BCUT2D eigenvalue weighted by molar-refractivity contribution is 0.0963. The fourth-order valence-corrected chi connectivity index (χ4v) is 4.50. The molecule has 6 heteroatoms. The van der Waals surface area contributed by atoms with Crippen LogP contribution in [0.3, 0.4) is 0 Å². The second kappa shape index (κ2) is 6.32. The molecule has 4 aromatic rings. The number of aromatic nitrogens is 3. The molecule has 0 bridgehead atoms. The van der Waals surface area contributed by atoms with Gasteiger partial charge in [0.25, 0.3) is 0 Å². The number of thiophene rings is 1. The predicted octanol–water partition coefficient (Wildman–Crippen LogP) is 4.38. The van der Waals surface area contributed by atoms with Gasteiger partial charge in [0.1, 0.15) is 5.75 Å². The molecule has 5 rings (SSSR count). The monoisotopic (exact) mass is 375 g/mol. The van der Waals surface area contributed by atoms with Crippen LogP contribution < -0.4 is 4.74 Å². The summed E-state index contributed by atoms with van der Waals surface area (Å²) in [4.78, 5) is 18.8. The van der Waals surface area contributed by atoms with Gasteiger partial charge in [-0.25, -0.2) is 9.50 Å². The third-order valence-electron chi connectivity index (χ3n) is 5.09. The molecule has 1 unspecified atom stereocenters. The molecule has 27 heavy (non-hydrogen) atoms. The van der Waals surface area contributed by atoms with Crippen molar-refractivity contribution in [2.75, 3.05) is 7.11 Å². The summed E-state index contributed by atoms with van der Waals surface area (Å²) >= 11 is 1.71. The molecule has 0 radical (unpaired) electrons. The molecule has 1 aromatic carbocycles. The Morgan fingerprint density at radius 1 is 1.15 bits per heavy atom. The summed E-state index contributed by atoms with van der Waals surface area (Å²) < 4.78 is 6.94. The van der Waals surface area contributed by atoms with E-state index in [0.717, 1.165) is 34.6 Å². The Morgan fingerprint density at radius 2 is 2.00 bits per heavy atom. The summed E-state index contributed by atoms with van der Waals surface area (Å²) in [6, 6.07) is 12.0. The van der Waals surface area contributed by atoms with Crippen LogP contribution in [0.15, 0.2) is 54.2 Å². The van der Waals surface area contributed by atoms with Crippen molar-refractivity contribution in [3.8, 4) is 16.9 Å². The number of carbonyl (C=O) groups excluding carboxylic acids is 1. The summed E-state index contributed by atoms with van der Waals surface area (Å²) in [5, 5.41) is 6.48. The summed E-state index contributed by atoms with van der Waals surface area (Å²) in [5.41, 5.74) is 4.31. The first-order valence-electron chi connectivity index (χ1n) is 8.81. The topological polar surface area (TPSA) is 56.5 Å². The fraction of sp³-hybridized carbons (Fsp3) is 0.190. The highest BCUT2D eigenvalue weighted by Gasteiger charge is 2.29. The highest BCUT2D eigenvalue weighted by atomic mass is 32.1. The second-order valence-corrected chi connectivity index (χ2v) is 7.68. The summed E-state index contributed by atoms with van der Waals surface area (Å²) in [6.45, 7) is 0. The molecule has 134 valence electrons. The van der Waals surface area contributed by atoms with Crippen LogP contribution in [-0.2, 0) is 6.42 Å². The Hall–Kier alpha value is -2.99. The van der Waals surface area contributed by atoms with Gasteiger partial charge in [0.2, 0.25) is 0 Å². The SMILES string of the molecule is COc1ccc(-c2cnn3cc4c(nc23)CC(c2cccs2)CC4=O)cc1. The lowest BCUT2D eigenvalue weighted by Crippen LogP contribution is -2.20. The Kier molecular flexibility index (Phi) is 3.79. The zero-order valence-corrected chi connectivity index (χ0v) is 15.6. The van der Waals surface area contributed by atoms with Gasteiger partial charge in [-0.15, -0.1) is 11.3 Å². The zero-order chi connectivity index (χ0) is 18.4. The lowest BCUT2D eigenvalue weighted by Gasteiger charge is -2.22. The third-order valence-corrected chi connectivity index (χ3v) is 6.13. The quantitative estimate of drug-likeness (QED) is 0.533. The minimum absolute atomic E-state index is 0.144. The molecule has 1 aliphatic rings. The predicted molar refractivity (Wildman–Crippen MR) is 105 cm³/mol. The average molecular weight is 375 g/mol. The van der Waals surface area contributed by atoms with Gasteiger partial charge < -0.3 is 4.74 Å². The fourth-order valence-electron chi connectivity index (χ4n) is 3.67. The average Bonchev–Trinajstić information content (AvgIpc) is 3.36. The maximum absolute atomic E-state index is 12.7. The molecule has 0 aliphatic heterocycles. The van der Waals surface area contributed by atoms with Gasteiger partial charge in [0.15, 0.2) is 11.4 Å². The van der Waals surface area contributed by atoms with Crippen LogP contribution >= 0.6 is 11.3 Å². The molecule has 3 aromatic heterocycles. The number of nitrogens with zero attached hydrogens (tertiary/aromatic N) is 3. The molecule has 0 amide bonds. The van der Waals surface area contributed by atoms with E-state index in [1.165, 1.54) is 4.88 Å². The van der Waals surface area contributed by atoms with Crippen LogP contribution in [0.1, 0.15) is 33.3 Å². The van der Waals surface area contributed by atoms with Gasteiger partial charge in [0.05, 0.1) is 24.6 Å². The number of Topliss-reactive ketones (excluding diaryl/α,β-unsaturated/α-hetero) is 1. The van der Waals surface area contributed by atoms with E-state index in [1.54, 1.807) is 29.2 Å². The summed E-state index contributed by atoms with van der Waals surface area (Å²) in [7, 11) is 1.65. The van der Waals surface area contributed by atoms with E-state index in [-0.39, 0.29) is 11.7 Å². The van der Waals surface area contributed by atoms with E-state index in [9.17, 15) is 4.79 Å². The van der Waals surface area contributed by atoms with Crippen molar-refractivity contribution in [2.24, 2.45) is 0 Å². The van der Waals surface area contributed by atoms with Crippen LogP contribution in [0.2, 0.25) is 0 Å². The van der Waals surface area contributed by atoms with Crippen LogP contribution in [0.5, 0.6) is 5.75 Å². The highest BCUT2D eigenvalue weighted by molar-refractivity contribution is 7.10. The van der Waals surface area contributed by atoms with Crippen molar-refractivity contribution in [2.45, 2.75) is 18.8 Å². The normalized spacial score (nSPS) is 16.5. The van der Waals surface area contributed by atoms with E-state index in [4.69, 9.17) is 9.72 Å². The Labute approximate surface area is 160 Å². The van der Waals surface area contributed by atoms with Gasteiger partial charge in [-0.1, -0.05) is 18.2 Å². The maximum Gasteiger partial charge on any atom is 0.166 e. The van der Waals surface area contributed by atoms with Gasteiger partial charge >= 0.3 is 0 Å². The first-order chi connectivity index (χ1) is 13.2. The summed E-state index contributed by atoms with van der Waals surface area (Å²) in [6.07, 6.45) is 4.95. The molecule has 0 spiro atoms. The molecule has 0 saturated carbocycles. The second-order valence-electron chi connectivity index (χ2n) is 6.70. The lowest BCUT2D eigenvalue weighted by atomic mass is 9.85. The molecule has 3 heterocycles. The van der Waals surface area contributed by atoms with Gasteiger partial charge in [-0.3, -0.25) is 4.79 Å². The third kappa shape index (κ3) is 2.73. The van der Waals surface area contributed by atoms with Gasteiger partial charge in [0, 0.05) is 29.0 Å². The molecule has 0 N–H and O–H groups in total. The Balaban J connectivity index is 1.59. The zero-order valence-electron chi connectivity index (χ0n) is 14.8. The number of ketones is 1. The van der Waals surface area contributed by atoms with E-state index < -0.39 is 0 Å². The molecule has 1 aliphatic carbocycles. The van der Waals surface area contributed by atoms with Crippen LogP contribution in [0.4, 0.5) is 0 Å². The number of carbonyl (C=O) groups is 1. The number of methoxy groups -OCH3 is 1. The Bertz CT molecular complexity index is 1130. The number of hydrogen-bond donors (Lipinski definition) is 0. The van der Waals surface area contributed by atoms with Crippen molar-refractivity contribution in [3.63, 3.8) is 0 Å². The number of rotatable bonds is 3. The smallest absolute Gasteiger partial charge is 0.166 e. The number of fused-ring (bicyclic) bond motifs is 2. The Morgan fingerprint density at radius 3 is 2.74 bits per heavy atom. The van der Waals surface area contributed by atoms with E-state index in [1.807, 2.05) is 36.5 Å². The van der Waals surface area contributed by atoms with Crippen molar-refractivity contribution in [3.05, 3.63) is 70.3 Å². The molecular weight excluding hydrogens is 358 g/mol. The number of hydrogen-bond acceptors (Lipinski definition) is 5. The number of benzene rings is 1.